The Morgan fingerprint density at radius 2 is 1.26 bits per heavy atom. The van der Waals surface area contributed by atoms with E-state index in [2.05, 4.69) is 0 Å². The van der Waals surface area contributed by atoms with Crippen molar-refractivity contribution >= 4 is 20.4 Å². The molecule has 0 rings (SSSR count). The van der Waals surface area contributed by atoms with Crippen LogP contribution < -0.4 is 4.13 Å². The third-order valence-corrected chi connectivity index (χ3v) is 4.14. The maximum Gasteiger partial charge on any atom is 0.428 e. The fourth-order valence-corrected chi connectivity index (χ4v) is 2.60. The maximum absolute atomic E-state index is 12.7. The first-order chi connectivity index (χ1) is 8.02. The van der Waals surface area contributed by atoms with E-state index in [1.54, 1.807) is 0 Å². The van der Waals surface area contributed by atoms with E-state index in [4.69, 9.17) is 0 Å². The Labute approximate surface area is 101 Å². The fourth-order valence-electron chi connectivity index (χ4n) is 0.649. The van der Waals surface area contributed by atoms with Crippen LogP contribution in [-0.2, 0) is 20.4 Å². The maximum atomic E-state index is 12.7. The van der Waals surface area contributed by atoms with E-state index in [-0.39, 0.29) is 0 Å². The van der Waals surface area contributed by atoms with Crippen LogP contribution in [0.1, 0.15) is 0 Å². The van der Waals surface area contributed by atoms with Crippen molar-refractivity contribution in [3.8, 4) is 0 Å². The molecule has 0 bridgehead atoms. The SMILES string of the molecule is O=S(=O)(F)NS(=O)(=O)C(F)(F)C(F)(F)C(F)(F)CF. The number of rotatable bonds is 6. The highest BCUT2D eigenvalue weighted by Crippen LogP contribution is 2.48. The Morgan fingerprint density at radius 1 is 0.895 bits per heavy atom. The minimum Gasteiger partial charge on any atom is -0.244 e. The van der Waals surface area contributed by atoms with E-state index < -0.39 is 48.3 Å². The molecular formula is C4H3F8NO4S2. The average molecular weight is 345 g/mol. The Morgan fingerprint density at radius 3 is 1.53 bits per heavy atom. The molecule has 0 aliphatic carbocycles. The van der Waals surface area contributed by atoms with Gasteiger partial charge in [-0.05, 0) is 0 Å². The van der Waals surface area contributed by atoms with Gasteiger partial charge in [-0.1, -0.05) is 8.01 Å². The predicted octanol–water partition coefficient (Wildman–Crippen LogP) is 0.953. The Kier molecular flexibility index (Phi) is 4.52. The average Bonchev–Trinajstić information content (AvgIpc) is 2.12. The quantitative estimate of drug-likeness (QED) is 0.574. The highest BCUT2D eigenvalue weighted by Gasteiger charge is 2.77. The highest BCUT2D eigenvalue weighted by atomic mass is 32.3. The van der Waals surface area contributed by atoms with Gasteiger partial charge in [0.15, 0.2) is 6.67 Å². The molecule has 0 radical (unpaired) electrons. The molecule has 5 nitrogen and oxygen atoms in total. The molecule has 0 aliphatic heterocycles. The number of alkyl halides is 7. The molecule has 0 saturated heterocycles. The molecule has 0 saturated carbocycles. The standard InChI is InChI=1S/C4H3F8NO4S2/c5-1-2(6,7)3(8,9)4(10,11)18(14,15)13-19(12,16)17/h13H,1H2. The van der Waals surface area contributed by atoms with Crippen LogP contribution in [-0.4, -0.2) is 40.6 Å². The molecular weight excluding hydrogens is 342 g/mol. The first-order valence-electron chi connectivity index (χ1n) is 3.69. The molecule has 0 aliphatic rings. The van der Waals surface area contributed by atoms with Gasteiger partial charge < -0.3 is 0 Å². The first-order valence-corrected chi connectivity index (χ1v) is 6.55. The number of nitrogens with one attached hydrogen (secondary N) is 1. The van der Waals surface area contributed by atoms with E-state index in [1.165, 1.54) is 0 Å². The molecule has 0 aromatic carbocycles. The van der Waals surface area contributed by atoms with Crippen LogP contribution in [0.15, 0.2) is 0 Å². The smallest absolute Gasteiger partial charge is 0.244 e. The van der Waals surface area contributed by atoms with Gasteiger partial charge >= 0.3 is 27.5 Å². The summed E-state index contributed by atoms with van der Waals surface area (Å²) in [4.78, 5) is 0. The summed E-state index contributed by atoms with van der Waals surface area (Å²) < 4.78 is 138. The van der Waals surface area contributed by atoms with Gasteiger partial charge in [-0.2, -0.15) is 34.8 Å². The molecule has 0 spiro atoms. The van der Waals surface area contributed by atoms with Crippen molar-refractivity contribution < 1.29 is 51.5 Å². The van der Waals surface area contributed by atoms with Crippen molar-refractivity contribution in [3.05, 3.63) is 0 Å². The number of hydrogen-bond donors (Lipinski definition) is 1. The van der Waals surface area contributed by atoms with Gasteiger partial charge in [-0.3, -0.25) is 0 Å². The van der Waals surface area contributed by atoms with Crippen LogP contribution >= 0.6 is 0 Å². The minimum atomic E-state index is -7.11. The lowest BCUT2D eigenvalue weighted by molar-refractivity contribution is -0.282. The topological polar surface area (TPSA) is 80.3 Å². The van der Waals surface area contributed by atoms with Gasteiger partial charge in [0.05, 0.1) is 0 Å². The van der Waals surface area contributed by atoms with Crippen molar-refractivity contribution in [3.63, 3.8) is 0 Å². The van der Waals surface area contributed by atoms with E-state index in [0.717, 1.165) is 0 Å². The second kappa shape index (κ2) is 4.69. The van der Waals surface area contributed by atoms with Crippen molar-refractivity contribution in [2.24, 2.45) is 0 Å². The zero-order valence-electron chi connectivity index (χ0n) is 8.18. The largest absolute Gasteiger partial charge is 0.428 e. The van der Waals surface area contributed by atoms with E-state index in [1.807, 2.05) is 0 Å². The zero-order chi connectivity index (χ0) is 15.9. The van der Waals surface area contributed by atoms with Crippen LogP contribution in [0, 0.1) is 0 Å². The summed E-state index contributed by atoms with van der Waals surface area (Å²) in [5, 5.41) is -6.80. The molecule has 0 aromatic heterocycles. The third kappa shape index (κ3) is 3.25. The summed E-state index contributed by atoms with van der Waals surface area (Å²) in [5.41, 5.74) is 0. The van der Waals surface area contributed by atoms with Crippen LogP contribution in [0.4, 0.5) is 34.6 Å². The molecule has 0 fully saturated rings. The van der Waals surface area contributed by atoms with Crippen LogP contribution in [0.3, 0.4) is 0 Å². The van der Waals surface area contributed by atoms with Crippen molar-refractivity contribution in [1.29, 1.82) is 0 Å². The third-order valence-electron chi connectivity index (χ3n) is 1.54. The Bertz CT molecular complexity index is 539. The van der Waals surface area contributed by atoms with Crippen LogP contribution in [0.2, 0.25) is 0 Å². The molecule has 19 heavy (non-hydrogen) atoms. The molecule has 1 N–H and O–H groups in total. The summed E-state index contributed by atoms with van der Waals surface area (Å²) in [6, 6.07) is 0. The summed E-state index contributed by atoms with van der Waals surface area (Å²) in [7, 11) is -13.6. The lowest BCUT2D eigenvalue weighted by Crippen LogP contribution is -2.61. The summed E-state index contributed by atoms with van der Waals surface area (Å²) in [6.45, 7) is -3.37. The molecule has 0 heterocycles. The van der Waals surface area contributed by atoms with Crippen LogP contribution in [0.25, 0.3) is 0 Å². The zero-order valence-corrected chi connectivity index (χ0v) is 9.81. The fraction of sp³-hybridized carbons (Fsp3) is 1.00. The number of hydrogen-bond acceptors (Lipinski definition) is 4. The van der Waals surface area contributed by atoms with Crippen molar-refractivity contribution in [2.45, 2.75) is 17.1 Å². The molecule has 0 atom stereocenters. The van der Waals surface area contributed by atoms with E-state index >= 15 is 0 Å². The van der Waals surface area contributed by atoms with E-state index in [9.17, 15) is 51.5 Å². The Hall–Kier alpha value is -0.700. The molecule has 0 aromatic rings. The number of sulfonamides is 1. The second-order valence-electron chi connectivity index (χ2n) is 2.95. The monoisotopic (exact) mass is 345 g/mol. The normalized spacial score (nSPS) is 15.6. The molecule has 15 heteroatoms. The summed E-state index contributed by atoms with van der Waals surface area (Å²) in [5.74, 6) is -13.0. The van der Waals surface area contributed by atoms with Crippen molar-refractivity contribution in [2.75, 3.05) is 6.67 Å². The lowest BCUT2D eigenvalue weighted by Gasteiger charge is -2.30. The lowest BCUT2D eigenvalue weighted by atomic mass is 10.2. The molecule has 0 unspecified atom stereocenters. The van der Waals surface area contributed by atoms with Gasteiger partial charge in [0, 0.05) is 0 Å². The van der Waals surface area contributed by atoms with Crippen LogP contribution in [0.5, 0.6) is 0 Å². The van der Waals surface area contributed by atoms with Gasteiger partial charge in [0.1, 0.15) is 0 Å². The van der Waals surface area contributed by atoms with Gasteiger partial charge in [0.25, 0.3) is 10.0 Å². The first kappa shape index (κ1) is 18.3. The van der Waals surface area contributed by atoms with Gasteiger partial charge in [-0.25, -0.2) is 12.8 Å². The minimum absolute atomic E-state index is 0.570. The highest BCUT2D eigenvalue weighted by molar-refractivity contribution is 8.03. The van der Waals surface area contributed by atoms with Crippen molar-refractivity contribution in [1.82, 2.24) is 4.13 Å². The summed E-state index contributed by atoms with van der Waals surface area (Å²) >= 11 is 0. The molecule has 116 valence electrons. The molecule has 0 amide bonds. The van der Waals surface area contributed by atoms with Gasteiger partial charge in [0.2, 0.25) is 0 Å². The summed E-state index contributed by atoms with van der Waals surface area (Å²) in [6.07, 6.45) is 0. The second-order valence-corrected chi connectivity index (χ2v) is 6.02. The van der Waals surface area contributed by atoms with E-state index in [0.29, 0.717) is 0 Å². The number of halogens is 8. The Balaban J connectivity index is 5.88. The predicted molar refractivity (Wildman–Crippen MR) is 42.9 cm³/mol. The van der Waals surface area contributed by atoms with Gasteiger partial charge in [-0.15, -0.1) is 0 Å².